The van der Waals surface area contributed by atoms with E-state index in [-0.39, 0.29) is 17.9 Å². The van der Waals surface area contributed by atoms with E-state index in [1.165, 1.54) is 0 Å². The minimum atomic E-state index is 0.0657. The van der Waals surface area contributed by atoms with Crippen LogP contribution in [0.4, 0.5) is 0 Å². The Morgan fingerprint density at radius 1 is 1.18 bits per heavy atom. The summed E-state index contributed by atoms with van der Waals surface area (Å²) < 4.78 is 0. The van der Waals surface area contributed by atoms with E-state index in [4.69, 9.17) is 0 Å². The Balaban J connectivity index is 3.54. The van der Waals surface area contributed by atoms with Crippen LogP contribution in [0, 0.1) is 0 Å². The predicted octanol–water partition coefficient (Wildman–Crippen LogP) is 1.81. The summed E-state index contributed by atoms with van der Waals surface area (Å²) in [6.45, 7) is 5.96. The molecule has 0 aromatic rings. The van der Waals surface area contributed by atoms with Gasteiger partial charge in [-0.1, -0.05) is 28.5 Å². The Bertz CT molecular complexity index is 248. The van der Waals surface area contributed by atoms with Crippen molar-refractivity contribution in [3.8, 4) is 0 Å². The van der Waals surface area contributed by atoms with Gasteiger partial charge in [-0.2, -0.15) is 0 Å². The van der Waals surface area contributed by atoms with Gasteiger partial charge >= 0.3 is 0 Å². The second-order valence-corrected chi connectivity index (χ2v) is 6.91. The van der Waals surface area contributed by atoms with Crippen LogP contribution in [0.15, 0.2) is 0 Å². The van der Waals surface area contributed by atoms with E-state index in [0.29, 0.717) is 17.4 Å². The minimum absolute atomic E-state index is 0.0657. The lowest BCUT2D eigenvalue weighted by Crippen LogP contribution is -2.31. The smallest absolute Gasteiger partial charge is 0.231 e. The fourth-order valence-corrected chi connectivity index (χ4v) is 3.29. The standard InChI is InChI=1S/C11H22N2O2S2/c1-8(2)13-11(15)7-16-17-9(3)5-6-10(14)12-4/h8-9H,5-7H2,1-4H3,(H,12,14)(H,13,15). The lowest BCUT2D eigenvalue weighted by molar-refractivity contribution is -0.121. The van der Waals surface area contributed by atoms with Gasteiger partial charge in [0.1, 0.15) is 0 Å². The maximum atomic E-state index is 11.3. The van der Waals surface area contributed by atoms with Crippen molar-refractivity contribution in [3.63, 3.8) is 0 Å². The highest BCUT2D eigenvalue weighted by Gasteiger charge is 2.08. The number of amides is 2. The molecular formula is C11H22N2O2S2. The Morgan fingerprint density at radius 3 is 2.35 bits per heavy atom. The highest BCUT2D eigenvalue weighted by Crippen LogP contribution is 2.28. The summed E-state index contributed by atoms with van der Waals surface area (Å²) in [6, 6.07) is 0.193. The molecule has 0 aromatic heterocycles. The molecule has 4 nitrogen and oxygen atoms in total. The van der Waals surface area contributed by atoms with E-state index in [0.717, 1.165) is 6.42 Å². The van der Waals surface area contributed by atoms with Crippen molar-refractivity contribution in [1.29, 1.82) is 0 Å². The van der Waals surface area contributed by atoms with Gasteiger partial charge in [0, 0.05) is 24.8 Å². The average Bonchev–Trinajstić information content (AvgIpc) is 2.24. The van der Waals surface area contributed by atoms with Crippen LogP contribution in [0.1, 0.15) is 33.6 Å². The first-order valence-corrected chi connectivity index (χ1v) is 8.12. The third kappa shape index (κ3) is 10.5. The molecule has 0 rings (SSSR count). The molecule has 0 aliphatic carbocycles. The van der Waals surface area contributed by atoms with Crippen molar-refractivity contribution < 1.29 is 9.59 Å². The highest BCUT2D eigenvalue weighted by molar-refractivity contribution is 8.77. The lowest BCUT2D eigenvalue weighted by atomic mass is 10.2. The molecule has 0 radical (unpaired) electrons. The molecule has 0 fully saturated rings. The van der Waals surface area contributed by atoms with Gasteiger partial charge in [-0.15, -0.1) is 0 Å². The number of rotatable bonds is 8. The monoisotopic (exact) mass is 278 g/mol. The van der Waals surface area contributed by atoms with Crippen molar-refractivity contribution in [2.45, 2.75) is 44.9 Å². The zero-order chi connectivity index (χ0) is 13.3. The second kappa shape index (κ2) is 9.65. The van der Waals surface area contributed by atoms with Crippen molar-refractivity contribution >= 4 is 33.4 Å². The van der Waals surface area contributed by atoms with Gasteiger partial charge in [-0.05, 0) is 20.3 Å². The fourth-order valence-electron chi connectivity index (χ4n) is 1.07. The number of hydrogen-bond acceptors (Lipinski definition) is 4. The molecule has 0 saturated carbocycles. The van der Waals surface area contributed by atoms with Crippen LogP contribution < -0.4 is 10.6 Å². The van der Waals surface area contributed by atoms with E-state index in [1.807, 2.05) is 13.8 Å². The Morgan fingerprint density at radius 2 is 1.82 bits per heavy atom. The molecule has 0 heterocycles. The summed E-state index contributed by atoms with van der Waals surface area (Å²) in [5, 5.41) is 5.81. The fraction of sp³-hybridized carbons (Fsp3) is 0.818. The molecule has 0 saturated heterocycles. The molecule has 1 unspecified atom stereocenters. The summed E-state index contributed by atoms with van der Waals surface area (Å²) in [6.07, 6.45) is 1.38. The van der Waals surface area contributed by atoms with Crippen LogP contribution in [0.5, 0.6) is 0 Å². The number of carbonyl (C=O) groups excluding carboxylic acids is 2. The van der Waals surface area contributed by atoms with Crippen molar-refractivity contribution in [2.24, 2.45) is 0 Å². The Kier molecular flexibility index (Phi) is 9.44. The predicted molar refractivity (Wildman–Crippen MR) is 76.1 cm³/mol. The molecule has 0 aliphatic rings. The number of nitrogens with one attached hydrogen (secondary N) is 2. The van der Waals surface area contributed by atoms with Crippen LogP contribution in [0.25, 0.3) is 0 Å². The van der Waals surface area contributed by atoms with Crippen LogP contribution in [0.3, 0.4) is 0 Å². The van der Waals surface area contributed by atoms with E-state index < -0.39 is 0 Å². The lowest BCUT2D eigenvalue weighted by Gasteiger charge is -2.11. The zero-order valence-electron chi connectivity index (χ0n) is 10.9. The van der Waals surface area contributed by atoms with Crippen LogP contribution in [-0.2, 0) is 9.59 Å². The third-order valence-electron chi connectivity index (χ3n) is 1.93. The van der Waals surface area contributed by atoms with Gasteiger partial charge in [-0.25, -0.2) is 0 Å². The van der Waals surface area contributed by atoms with Crippen LogP contribution >= 0.6 is 21.6 Å². The molecular weight excluding hydrogens is 256 g/mol. The summed E-state index contributed by atoms with van der Waals surface area (Å²) in [4.78, 5) is 22.4. The quantitative estimate of drug-likeness (QED) is 0.665. The largest absolute Gasteiger partial charge is 0.359 e. The molecule has 0 aliphatic heterocycles. The molecule has 0 spiro atoms. The van der Waals surface area contributed by atoms with Gasteiger partial charge in [-0.3, -0.25) is 9.59 Å². The third-order valence-corrected chi connectivity index (χ3v) is 4.76. The van der Waals surface area contributed by atoms with Gasteiger partial charge < -0.3 is 10.6 Å². The Hall–Kier alpha value is -0.360. The van der Waals surface area contributed by atoms with E-state index in [9.17, 15) is 9.59 Å². The highest BCUT2D eigenvalue weighted by atomic mass is 33.1. The van der Waals surface area contributed by atoms with E-state index >= 15 is 0 Å². The molecule has 17 heavy (non-hydrogen) atoms. The molecule has 0 bridgehead atoms. The van der Waals surface area contributed by atoms with E-state index in [1.54, 1.807) is 28.6 Å². The number of carbonyl (C=O) groups is 2. The summed E-state index contributed by atoms with van der Waals surface area (Å²) in [5.41, 5.74) is 0. The Labute approximate surface area is 111 Å². The van der Waals surface area contributed by atoms with E-state index in [2.05, 4.69) is 17.6 Å². The summed E-state index contributed by atoms with van der Waals surface area (Å²) in [7, 11) is 4.85. The molecule has 100 valence electrons. The molecule has 6 heteroatoms. The van der Waals surface area contributed by atoms with Crippen molar-refractivity contribution in [2.75, 3.05) is 12.8 Å². The first-order chi connectivity index (χ1) is 7.95. The summed E-state index contributed by atoms with van der Waals surface area (Å²) in [5.74, 6) is 0.601. The maximum Gasteiger partial charge on any atom is 0.231 e. The SMILES string of the molecule is CNC(=O)CCC(C)SSCC(=O)NC(C)C. The molecule has 0 aromatic carbocycles. The van der Waals surface area contributed by atoms with Gasteiger partial charge in [0.2, 0.25) is 11.8 Å². The molecule has 2 amide bonds. The maximum absolute atomic E-state index is 11.3. The zero-order valence-corrected chi connectivity index (χ0v) is 12.5. The van der Waals surface area contributed by atoms with Gasteiger partial charge in [0.25, 0.3) is 0 Å². The van der Waals surface area contributed by atoms with Crippen LogP contribution in [-0.4, -0.2) is 35.9 Å². The number of hydrogen-bond donors (Lipinski definition) is 2. The average molecular weight is 278 g/mol. The van der Waals surface area contributed by atoms with Crippen molar-refractivity contribution in [3.05, 3.63) is 0 Å². The van der Waals surface area contributed by atoms with Gasteiger partial charge in [0.05, 0.1) is 5.75 Å². The van der Waals surface area contributed by atoms with Crippen LogP contribution in [0.2, 0.25) is 0 Å². The topological polar surface area (TPSA) is 58.2 Å². The normalized spacial score (nSPS) is 12.3. The van der Waals surface area contributed by atoms with Crippen molar-refractivity contribution in [1.82, 2.24) is 10.6 Å². The molecule has 1 atom stereocenters. The first-order valence-electron chi connectivity index (χ1n) is 5.74. The summed E-state index contributed by atoms with van der Waals surface area (Å²) >= 11 is 0. The second-order valence-electron chi connectivity index (χ2n) is 4.10. The minimum Gasteiger partial charge on any atom is -0.359 e. The molecule has 2 N–H and O–H groups in total. The van der Waals surface area contributed by atoms with Gasteiger partial charge in [0.15, 0.2) is 0 Å². The first kappa shape index (κ1) is 16.6.